The number of pyridine rings is 1. The summed E-state index contributed by atoms with van der Waals surface area (Å²) in [7, 11) is 0. The van der Waals surface area contributed by atoms with Gasteiger partial charge in [0.15, 0.2) is 0 Å². The summed E-state index contributed by atoms with van der Waals surface area (Å²) in [4.78, 5) is 8.97. The topological polar surface area (TPSA) is 30.7 Å². The molecule has 3 aromatic rings. The highest BCUT2D eigenvalue weighted by Gasteiger charge is 2.19. The third-order valence-corrected chi connectivity index (χ3v) is 3.90. The monoisotopic (exact) mass is 305 g/mol. The minimum atomic E-state index is 0.0230. The van der Waals surface area contributed by atoms with Crippen molar-refractivity contribution in [3.8, 4) is 0 Å². The molecule has 20 heavy (non-hydrogen) atoms. The predicted octanol–water partition coefficient (Wildman–Crippen LogP) is 4.43. The third-order valence-electron chi connectivity index (χ3n) is 3.36. The van der Waals surface area contributed by atoms with Crippen LogP contribution in [0.15, 0.2) is 42.6 Å². The quantitative estimate of drug-likeness (QED) is 0.670. The van der Waals surface area contributed by atoms with Crippen LogP contribution in [0, 0.1) is 0 Å². The lowest BCUT2D eigenvalue weighted by molar-refractivity contribution is 0.616. The van der Waals surface area contributed by atoms with Crippen LogP contribution in [-0.4, -0.2) is 14.5 Å². The Hall–Kier alpha value is -1.58. The highest BCUT2D eigenvalue weighted by molar-refractivity contribution is 6.35. The van der Waals surface area contributed by atoms with Crippen LogP contribution in [0.3, 0.4) is 0 Å². The van der Waals surface area contributed by atoms with Crippen molar-refractivity contribution in [3.63, 3.8) is 0 Å². The van der Waals surface area contributed by atoms with E-state index in [1.807, 2.05) is 36.4 Å². The van der Waals surface area contributed by atoms with Crippen molar-refractivity contribution in [1.29, 1.82) is 0 Å². The van der Waals surface area contributed by atoms with Crippen molar-refractivity contribution in [1.82, 2.24) is 14.5 Å². The Labute approximate surface area is 127 Å². The van der Waals surface area contributed by atoms with Gasteiger partial charge in [-0.15, -0.1) is 11.6 Å². The maximum Gasteiger partial charge on any atom is 0.125 e. The van der Waals surface area contributed by atoms with E-state index in [-0.39, 0.29) is 6.04 Å². The summed E-state index contributed by atoms with van der Waals surface area (Å²) in [5, 5.41) is 0.675. The molecule has 0 saturated heterocycles. The molecule has 0 radical (unpaired) electrons. The minimum Gasteiger partial charge on any atom is -0.317 e. The average molecular weight is 306 g/mol. The fraction of sp³-hybridized carbons (Fsp3) is 0.200. The lowest BCUT2D eigenvalue weighted by Gasteiger charge is -2.17. The van der Waals surface area contributed by atoms with E-state index in [0.29, 0.717) is 10.9 Å². The van der Waals surface area contributed by atoms with Crippen molar-refractivity contribution in [3.05, 3.63) is 59.1 Å². The van der Waals surface area contributed by atoms with E-state index in [4.69, 9.17) is 23.2 Å². The van der Waals surface area contributed by atoms with Gasteiger partial charge in [0.25, 0.3) is 0 Å². The van der Waals surface area contributed by atoms with Gasteiger partial charge in [-0.2, -0.15) is 0 Å². The number of halogens is 2. The molecule has 1 unspecified atom stereocenters. The molecule has 2 heterocycles. The molecule has 0 saturated carbocycles. The van der Waals surface area contributed by atoms with Gasteiger partial charge in [0, 0.05) is 6.20 Å². The van der Waals surface area contributed by atoms with E-state index < -0.39 is 0 Å². The SMILES string of the molecule is CC(c1ccccn1)n1c(CCl)nc2cccc(Cl)c21. The normalized spacial score (nSPS) is 12.8. The maximum atomic E-state index is 6.34. The van der Waals surface area contributed by atoms with Gasteiger partial charge in [-0.3, -0.25) is 4.98 Å². The molecule has 0 amide bonds. The summed E-state index contributed by atoms with van der Waals surface area (Å²) < 4.78 is 2.06. The molecule has 0 aliphatic rings. The first-order valence-corrected chi connectivity index (χ1v) is 7.26. The Kier molecular flexibility index (Phi) is 3.64. The number of fused-ring (bicyclic) bond motifs is 1. The predicted molar refractivity (Wildman–Crippen MR) is 82.4 cm³/mol. The number of alkyl halides is 1. The second kappa shape index (κ2) is 5.43. The lowest BCUT2D eigenvalue weighted by Crippen LogP contribution is -2.11. The number of aromatic nitrogens is 3. The second-order valence-corrected chi connectivity index (χ2v) is 5.24. The number of benzene rings is 1. The molecule has 0 aliphatic carbocycles. The van der Waals surface area contributed by atoms with Crippen LogP contribution in [0.4, 0.5) is 0 Å². The zero-order valence-corrected chi connectivity index (χ0v) is 12.4. The minimum absolute atomic E-state index is 0.0230. The van der Waals surface area contributed by atoms with Gasteiger partial charge in [0.1, 0.15) is 5.82 Å². The van der Waals surface area contributed by atoms with Gasteiger partial charge in [-0.1, -0.05) is 23.7 Å². The number of imidazole rings is 1. The first kappa shape index (κ1) is 13.4. The van der Waals surface area contributed by atoms with Crippen molar-refractivity contribution in [2.24, 2.45) is 0 Å². The van der Waals surface area contributed by atoms with Crippen molar-refractivity contribution in [2.75, 3.05) is 0 Å². The standard InChI is InChI=1S/C15H13Cl2N3/c1-10(12-6-2-3-8-18-12)20-14(9-16)19-13-7-4-5-11(17)15(13)20/h2-8,10H,9H2,1H3. The van der Waals surface area contributed by atoms with Crippen LogP contribution in [-0.2, 0) is 5.88 Å². The van der Waals surface area contributed by atoms with Gasteiger partial charge < -0.3 is 4.57 Å². The summed E-state index contributed by atoms with van der Waals surface area (Å²) in [6, 6.07) is 11.6. The second-order valence-electron chi connectivity index (χ2n) is 4.57. The molecule has 1 atom stereocenters. The fourth-order valence-corrected chi connectivity index (χ4v) is 2.87. The average Bonchev–Trinajstić information content (AvgIpc) is 2.87. The highest BCUT2D eigenvalue weighted by atomic mass is 35.5. The van der Waals surface area contributed by atoms with E-state index in [1.165, 1.54) is 0 Å². The molecule has 2 aromatic heterocycles. The summed E-state index contributed by atoms with van der Waals surface area (Å²) in [6.45, 7) is 2.07. The van der Waals surface area contributed by atoms with Crippen LogP contribution < -0.4 is 0 Å². The molecule has 0 aliphatic heterocycles. The van der Waals surface area contributed by atoms with E-state index in [9.17, 15) is 0 Å². The Morgan fingerprint density at radius 3 is 2.75 bits per heavy atom. The highest BCUT2D eigenvalue weighted by Crippen LogP contribution is 2.30. The van der Waals surface area contributed by atoms with Crippen LogP contribution in [0.5, 0.6) is 0 Å². The van der Waals surface area contributed by atoms with Crippen LogP contribution in [0.1, 0.15) is 24.5 Å². The number of para-hydroxylation sites is 1. The molecule has 1 aromatic carbocycles. The van der Waals surface area contributed by atoms with Crippen molar-refractivity contribution >= 4 is 34.2 Å². The fourth-order valence-electron chi connectivity index (χ4n) is 2.42. The Bertz CT molecular complexity index is 737. The molecular formula is C15H13Cl2N3. The van der Waals surface area contributed by atoms with Crippen molar-refractivity contribution < 1.29 is 0 Å². The van der Waals surface area contributed by atoms with Crippen LogP contribution in [0.25, 0.3) is 11.0 Å². The Morgan fingerprint density at radius 2 is 2.05 bits per heavy atom. The first-order chi connectivity index (χ1) is 9.72. The molecule has 102 valence electrons. The van der Waals surface area contributed by atoms with Gasteiger partial charge in [0.05, 0.1) is 33.7 Å². The molecule has 0 N–H and O–H groups in total. The van der Waals surface area contributed by atoms with Crippen molar-refractivity contribution in [2.45, 2.75) is 18.8 Å². The molecule has 0 spiro atoms. The number of hydrogen-bond donors (Lipinski definition) is 0. The summed E-state index contributed by atoms with van der Waals surface area (Å²) in [5.41, 5.74) is 2.72. The molecule has 0 bridgehead atoms. The molecule has 0 fully saturated rings. The first-order valence-electron chi connectivity index (χ1n) is 6.34. The maximum absolute atomic E-state index is 6.34. The number of nitrogens with zero attached hydrogens (tertiary/aromatic N) is 3. The molecule has 5 heteroatoms. The summed E-state index contributed by atoms with van der Waals surface area (Å²) in [6.07, 6.45) is 1.78. The third kappa shape index (κ3) is 2.17. The van der Waals surface area contributed by atoms with Gasteiger partial charge >= 0.3 is 0 Å². The van der Waals surface area contributed by atoms with E-state index in [0.717, 1.165) is 22.6 Å². The zero-order chi connectivity index (χ0) is 14.1. The number of hydrogen-bond acceptors (Lipinski definition) is 2. The van der Waals surface area contributed by atoms with Crippen LogP contribution in [0.2, 0.25) is 5.02 Å². The zero-order valence-electron chi connectivity index (χ0n) is 10.9. The van der Waals surface area contributed by atoms with E-state index >= 15 is 0 Å². The molecular weight excluding hydrogens is 293 g/mol. The largest absolute Gasteiger partial charge is 0.317 e. The summed E-state index contributed by atoms with van der Waals surface area (Å²) in [5.74, 6) is 1.13. The van der Waals surface area contributed by atoms with Crippen LogP contribution >= 0.6 is 23.2 Å². The Balaban J connectivity index is 2.24. The summed E-state index contributed by atoms with van der Waals surface area (Å²) >= 11 is 12.4. The Morgan fingerprint density at radius 1 is 1.20 bits per heavy atom. The van der Waals surface area contributed by atoms with Gasteiger partial charge in [-0.25, -0.2) is 4.98 Å². The molecule has 3 nitrogen and oxygen atoms in total. The van der Waals surface area contributed by atoms with Gasteiger partial charge in [-0.05, 0) is 31.2 Å². The van der Waals surface area contributed by atoms with E-state index in [2.05, 4.69) is 21.5 Å². The molecule has 3 rings (SSSR count). The number of rotatable bonds is 3. The smallest absolute Gasteiger partial charge is 0.125 e. The van der Waals surface area contributed by atoms with Gasteiger partial charge in [0.2, 0.25) is 0 Å². The lowest BCUT2D eigenvalue weighted by atomic mass is 10.2. The van der Waals surface area contributed by atoms with E-state index in [1.54, 1.807) is 6.20 Å².